The van der Waals surface area contributed by atoms with E-state index in [0.29, 0.717) is 0 Å². The first-order valence-electron chi connectivity index (χ1n) is 3.55. The van der Waals surface area contributed by atoms with Crippen LogP contribution in [-0.2, 0) is 9.59 Å². The van der Waals surface area contributed by atoms with E-state index >= 15 is 0 Å². The summed E-state index contributed by atoms with van der Waals surface area (Å²) >= 11 is 0. The van der Waals surface area contributed by atoms with E-state index in [0.717, 1.165) is 0 Å². The second-order valence-corrected chi connectivity index (χ2v) is 2.37. The van der Waals surface area contributed by atoms with Crippen molar-refractivity contribution in [3.05, 3.63) is 0 Å². The van der Waals surface area contributed by atoms with Gasteiger partial charge in [0, 0.05) is 6.42 Å². The number of halogens is 5. The molecule has 4 N–H and O–H groups in total. The molecule has 0 aromatic rings. The number of hydrogen-bond donors (Lipinski definition) is 3. The highest BCUT2D eigenvalue weighted by atomic mass is 19.4. The second kappa shape index (κ2) is 6.93. The standard InChI is InChI=1S/C4H7F2NO2.C2HF3O2/c5-3(6)1-2(7)4(8)9;3-2(4,5)1(6)7/h2-3H,1,7H2,(H,8,9);(H,6,7). The SMILES string of the molecule is NC(CC(F)F)C(=O)O.O=C(O)C(F)(F)F. The molecule has 5 nitrogen and oxygen atoms in total. The van der Waals surface area contributed by atoms with Crippen LogP contribution in [0.15, 0.2) is 0 Å². The molecule has 0 radical (unpaired) electrons. The quantitative estimate of drug-likeness (QED) is 0.642. The lowest BCUT2D eigenvalue weighted by Gasteiger charge is -2.02. The molecule has 0 aromatic heterocycles. The van der Waals surface area contributed by atoms with Crippen molar-refractivity contribution in [2.45, 2.75) is 25.1 Å². The summed E-state index contributed by atoms with van der Waals surface area (Å²) in [5.41, 5.74) is 4.74. The molecule has 0 fully saturated rings. The van der Waals surface area contributed by atoms with Gasteiger partial charge in [-0.2, -0.15) is 13.2 Å². The van der Waals surface area contributed by atoms with Crippen molar-refractivity contribution in [1.82, 2.24) is 0 Å². The summed E-state index contributed by atoms with van der Waals surface area (Å²) in [6, 6.07) is -1.44. The highest BCUT2D eigenvalue weighted by molar-refractivity contribution is 5.73. The highest BCUT2D eigenvalue weighted by Gasteiger charge is 2.38. The van der Waals surface area contributed by atoms with Crippen molar-refractivity contribution >= 4 is 11.9 Å². The Kier molecular flexibility index (Phi) is 7.35. The Labute approximate surface area is 85.6 Å². The van der Waals surface area contributed by atoms with Crippen molar-refractivity contribution in [2.24, 2.45) is 5.73 Å². The van der Waals surface area contributed by atoms with E-state index in [1.54, 1.807) is 0 Å². The largest absolute Gasteiger partial charge is 0.490 e. The van der Waals surface area contributed by atoms with Gasteiger partial charge in [-0.25, -0.2) is 13.6 Å². The third-order valence-electron chi connectivity index (χ3n) is 0.992. The summed E-state index contributed by atoms with van der Waals surface area (Å²) in [7, 11) is 0. The molecule has 0 saturated heterocycles. The monoisotopic (exact) mass is 253 g/mol. The first-order chi connectivity index (χ1) is 6.98. The fourth-order valence-corrected chi connectivity index (χ4v) is 0.293. The molecule has 0 aliphatic heterocycles. The van der Waals surface area contributed by atoms with Crippen molar-refractivity contribution < 1.29 is 41.8 Å². The van der Waals surface area contributed by atoms with Gasteiger partial charge in [-0.05, 0) is 0 Å². The van der Waals surface area contributed by atoms with Gasteiger partial charge in [-0.3, -0.25) is 4.79 Å². The third-order valence-corrected chi connectivity index (χ3v) is 0.992. The van der Waals surface area contributed by atoms with Crippen LogP contribution in [0.25, 0.3) is 0 Å². The fraction of sp³-hybridized carbons (Fsp3) is 0.667. The summed E-state index contributed by atoms with van der Waals surface area (Å²) in [6.07, 6.45) is -8.51. The van der Waals surface area contributed by atoms with Crippen LogP contribution in [-0.4, -0.2) is 40.8 Å². The summed E-state index contributed by atoms with van der Waals surface area (Å²) in [5, 5.41) is 15.1. The predicted molar refractivity (Wildman–Crippen MR) is 39.9 cm³/mol. The molecule has 96 valence electrons. The van der Waals surface area contributed by atoms with Gasteiger partial charge in [0.25, 0.3) is 0 Å². The van der Waals surface area contributed by atoms with Crippen molar-refractivity contribution in [2.75, 3.05) is 0 Å². The van der Waals surface area contributed by atoms with Crippen LogP contribution in [0, 0.1) is 0 Å². The lowest BCUT2D eigenvalue weighted by atomic mass is 10.2. The molecule has 0 heterocycles. The number of nitrogens with two attached hydrogens (primary N) is 1. The normalized spacial score (nSPS) is 12.7. The Morgan fingerprint density at radius 3 is 1.56 bits per heavy atom. The number of alkyl halides is 5. The average molecular weight is 253 g/mol. The van der Waals surface area contributed by atoms with Crippen LogP contribution >= 0.6 is 0 Å². The minimum Gasteiger partial charge on any atom is -0.480 e. The molecule has 0 aromatic carbocycles. The minimum atomic E-state index is -5.08. The molecule has 16 heavy (non-hydrogen) atoms. The predicted octanol–water partition coefficient (Wildman–Crippen LogP) is 0.687. The number of aliphatic carboxylic acids is 2. The van der Waals surface area contributed by atoms with Gasteiger partial charge in [0.2, 0.25) is 6.43 Å². The Morgan fingerprint density at radius 1 is 1.19 bits per heavy atom. The zero-order valence-electron chi connectivity index (χ0n) is 7.54. The lowest BCUT2D eigenvalue weighted by molar-refractivity contribution is -0.192. The lowest BCUT2D eigenvalue weighted by Crippen LogP contribution is -2.31. The highest BCUT2D eigenvalue weighted by Crippen LogP contribution is 2.13. The second-order valence-electron chi connectivity index (χ2n) is 2.37. The summed E-state index contributed by atoms with van der Waals surface area (Å²) < 4.78 is 54.3. The number of rotatable bonds is 3. The van der Waals surface area contributed by atoms with Gasteiger partial charge in [-0.1, -0.05) is 0 Å². The molecule has 0 aliphatic carbocycles. The maximum atomic E-state index is 11.3. The van der Waals surface area contributed by atoms with E-state index in [9.17, 15) is 26.7 Å². The van der Waals surface area contributed by atoms with Gasteiger partial charge < -0.3 is 15.9 Å². The first kappa shape index (κ1) is 17.0. The number of carbonyl (C=O) groups is 2. The van der Waals surface area contributed by atoms with Crippen LogP contribution in [0.4, 0.5) is 22.0 Å². The van der Waals surface area contributed by atoms with Crippen LogP contribution in [0.2, 0.25) is 0 Å². The van der Waals surface area contributed by atoms with Gasteiger partial charge in [0.15, 0.2) is 0 Å². The number of hydrogen-bond acceptors (Lipinski definition) is 3. The first-order valence-corrected chi connectivity index (χ1v) is 3.55. The maximum Gasteiger partial charge on any atom is 0.490 e. The van der Waals surface area contributed by atoms with Gasteiger partial charge >= 0.3 is 18.1 Å². The van der Waals surface area contributed by atoms with Crippen LogP contribution in [0.1, 0.15) is 6.42 Å². The molecule has 0 spiro atoms. The zero-order chi connectivity index (χ0) is 13.5. The van der Waals surface area contributed by atoms with Crippen LogP contribution in [0.3, 0.4) is 0 Å². The third kappa shape index (κ3) is 10.6. The van der Waals surface area contributed by atoms with E-state index in [2.05, 4.69) is 0 Å². The van der Waals surface area contributed by atoms with E-state index < -0.39 is 37.0 Å². The molecular formula is C6H8F5NO4. The molecule has 0 amide bonds. The number of carboxylic acid groups (broad SMARTS) is 2. The molecule has 0 saturated carbocycles. The average Bonchev–Trinajstić information content (AvgIpc) is 2.01. The Balaban J connectivity index is 0. The van der Waals surface area contributed by atoms with Crippen molar-refractivity contribution in [3.8, 4) is 0 Å². The minimum absolute atomic E-state index is 0.782. The zero-order valence-corrected chi connectivity index (χ0v) is 7.54. The Morgan fingerprint density at radius 2 is 1.50 bits per heavy atom. The van der Waals surface area contributed by atoms with E-state index in [-0.39, 0.29) is 0 Å². The molecule has 0 aliphatic rings. The topological polar surface area (TPSA) is 101 Å². The van der Waals surface area contributed by atoms with Crippen LogP contribution in [0.5, 0.6) is 0 Å². The molecule has 0 rings (SSSR count). The van der Waals surface area contributed by atoms with Gasteiger partial charge in [-0.15, -0.1) is 0 Å². The maximum absolute atomic E-state index is 11.3. The number of carboxylic acids is 2. The smallest absolute Gasteiger partial charge is 0.480 e. The summed E-state index contributed by atoms with van der Waals surface area (Å²) in [6.45, 7) is 0. The Bertz CT molecular complexity index is 242. The fourth-order valence-electron chi connectivity index (χ4n) is 0.293. The molecule has 1 unspecified atom stereocenters. The van der Waals surface area contributed by atoms with Gasteiger partial charge in [0.1, 0.15) is 6.04 Å². The van der Waals surface area contributed by atoms with Crippen molar-refractivity contribution in [3.63, 3.8) is 0 Å². The Hall–Kier alpha value is -1.45. The van der Waals surface area contributed by atoms with Crippen molar-refractivity contribution in [1.29, 1.82) is 0 Å². The van der Waals surface area contributed by atoms with Gasteiger partial charge in [0.05, 0.1) is 0 Å². The molecule has 0 bridgehead atoms. The van der Waals surface area contributed by atoms with Crippen LogP contribution < -0.4 is 5.73 Å². The van der Waals surface area contributed by atoms with E-state index in [4.69, 9.17) is 20.7 Å². The van der Waals surface area contributed by atoms with E-state index in [1.807, 2.05) is 0 Å². The summed E-state index contributed by atoms with van der Waals surface area (Å²) in [4.78, 5) is 18.7. The molecular weight excluding hydrogens is 245 g/mol. The molecule has 10 heteroatoms. The molecule has 1 atom stereocenters. The summed E-state index contributed by atoms with van der Waals surface area (Å²) in [5.74, 6) is -4.15. The van der Waals surface area contributed by atoms with E-state index in [1.165, 1.54) is 0 Å².